The minimum Gasteiger partial charge on any atom is -0.348 e. The van der Waals surface area contributed by atoms with Gasteiger partial charge in [-0.2, -0.15) is 0 Å². The lowest BCUT2D eigenvalue weighted by atomic mass is 10.0. The number of aromatic nitrogens is 1. The maximum absolute atomic E-state index is 12.3. The molecule has 0 aliphatic rings. The highest BCUT2D eigenvalue weighted by atomic mass is 16.2. The Balaban J connectivity index is 2.05. The Morgan fingerprint density at radius 2 is 1.91 bits per heavy atom. The van der Waals surface area contributed by atoms with Crippen molar-refractivity contribution in [2.24, 2.45) is 5.92 Å². The van der Waals surface area contributed by atoms with Crippen LogP contribution in [0.2, 0.25) is 0 Å². The molecular weight excluding hydrogens is 276 g/mol. The van der Waals surface area contributed by atoms with Crippen molar-refractivity contribution in [3.63, 3.8) is 0 Å². The van der Waals surface area contributed by atoms with Gasteiger partial charge >= 0.3 is 0 Å². The Morgan fingerprint density at radius 3 is 2.64 bits per heavy atom. The predicted molar refractivity (Wildman–Crippen MR) is 90.2 cm³/mol. The van der Waals surface area contributed by atoms with Gasteiger partial charge in [0.2, 0.25) is 0 Å². The van der Waals surface area contributed by atoms with Gasteiger partial charge in [-0.15, -0.1) is 0 Å². The third-order valence-electron chi connectivity index (χ3n) is 3.79. The lowest BCUT2D eigenvalue weighted by Gasteiger charge is -2.14. The molecule has 118 valence electrons. The highest BCUT2D eigenvalue weighted by molar-refractivity contribution is 5.96. The number of H-pyrrole nitrogens is 1. The Kier molecular flexibility index (Phi) is 5.36. The molecule has 4 nitrogen and oxygen atoms in total. The number of hydrogen-bond acceptors (Lipinski definition) is 2. The second kappa shape index (κ2) is 7.25. The summed E-state index contributed by atoms with van der Waals surface area (Å²) in [5.41, 5.74) is 0.0927. The van der Waals surface area contributed by atoms with E-state index in [2.05, 4.69) is 24.1 Å². The molecule has 2 N–H and O–H groups in total. The molecule has 0 aliphatic heterocycles. The van der Waals surface area contributed by atoms with Crippen LogP contribution in [-0.2, 0) is 0 Å². The summed E-state index contributed by atoms with van der Waals surface area (Å²) in [5.74, 6) is 0.458. The first-order chi connectivity index (χ1) is 10.5. The molecule has 0 spiro atoms. The Labute approximate surface area is 130 Å². The average Bonchev–Trinajstić information content (AvgIpc) is 2.46. The van der Waals surface area contributed by atoms with E-state index in [0.29, 0.717) is 17.0 Å². The van der Waals surface area contributed by atoms with Crippen LogP contribution in [0.3, 0.4) is 0 Å². The molecule has 1 amide bonds. The molecule has 1 aromatic carbocycles. The second-order valence-electron chi connectivity index (χ2n) is 6.30. The number of fused-ring (bicyclic) bond motifs is 1. The summed E-state index contributed by atoms with van der Waals surface area (Å²) in [4.78, 5) is 26.9. The predicted octanol–water partition coefficient (Wildman–Crippen LogP) is 3.47. The van der Waals surface area contributed by atoms with Crippen LogP contribution in [0.1, 0.15) is 50.5 Å². The molecule has 0 aliphatic carbocycles. The van der Waals surface area contributed by atoms with Gasteiger partial charge in [-0.05, 0) is 36.8 Å². The lowest BCUT2D eigenvalue weighted by Crippen LogP contribution is -2.34. The van der Waals surface area contributed by atoms with Crippen LogP contribution in [0.5, 0.6) is 0 Å². The molecule has 1 heterocycles. The third-order valence-corrected chi connectivity index (χ3v) is 3.79. The Morgan fingerprint density at radius 1 is 1.18 bits per heavy atom. The maximum atomic E-state index is 12.3. The van der Waals surface area contributed by atoms with Crippen molar-refractivity contribution < 1.29 is 4.79 Å². The molecule has 4 heteroatoms. The molecule has 0 fully saturated rings. The fraction of sp³-hybridized carbons (Fsp3) is 0.444. The SMILES string of the molecule is CC(C)CCCC(C)NC(=O)c1cc2ccccc2c(=O)[nH]1. The number of carbonyl (C=O) groups excluding carboxylic acids is 1. The number of pyridine rings is 1. The lowest BCUT2D eigenvalue weighted by molar-refractivity contribution is 0.0932. The minimum atomic E-state index is -0.226. The molecule has 2 rings (SSSR count). The van der Waals surface area contributed by atoms with Crippen LogP contribution in [0.15, 0.2) is 35.1 Å². The van der Waals surface area contributed by atoms with Crippen molar-refractivity contribution in [3.8, 4) is 0 Å². The molecule has 1 atom stereocenters. The van der Waals surface area contributed by atoms with Crippen LogP contribution in [0, 0.1) is 5.92 Å². The summed E-state index contributed by atoms with van der Waals surface area (Å²) in [5, 5.41) is 4.34. The number of carbonyl (C=O) groups is 1. The van der Waals surface area contributed by atoms with Gasteiger partial charge in [0.1, 0.15) is 5.69 Å². The van der Waals surface area contributed by atoms with Gasteiger partial charge in [-0.25, -0.2) is 0 Å². The van der Waals surface area contributed by atoms with Gasteiger partial charge < -0.3 is 10.3 Å². The molecule has 0 saturated carbocycles. The van der Waals surface area contributed by atoms with Gasteiger partial charge in [-0.3, -0.25) is 9.59 Å². The number of aromatic amines is 1. The summed E-state index contributed by atoms with van der Waals surface area (Å²) in [7, 11) is 0. The topological polar surface area (TPSA) is 62.0 Å². The van der Waals surface area contributed by atoms with Crippen LogP contribution in [0.4, 0.5) is 0 Å². The normalized spacial score (nSPS) is 12.5. The number of rotatable bonds is 6. The van der Waals surface area contributed by atoms with Crippen molar-refractivity contribution in [2.45, 2.75) is 46.1 Å². The molecule has 1 aromatic heterocycles. The first-order valence-electron chi connectivity index (χ1n) is 7.90. The monoisotopic (exact) mass is 300 g/mol. The van der Waals surface area contributed by atoms with Gasteiger partial charge in [0.15, 0.2) is 0 Å². The van der Waals surface area contributed by atoms with Gasteiger partial charge in [0, 0.05) is 11.4 Å². The van der Waals surface area contributed by atoms with Gasteiger partial charge in [-0.1, -0.05) is 44.9 Å². The van der Waals surface area contributed by atoms with Crippen molar-refractivity contribution in [1.29, 1.82) is 0 Å². The van der Waals surface area contributed by atoms with Crippen molar-refractivity contribution in [2.75, 3.05) is 0 Å². The average molecular weight is 300 g/mol. The number of nitrogens with one attached hydrogen (secondary N) is 2. The van der Waals surface area contributed by atoms with Crippen molar-refractivity contribution >= 4 is 16.7 Å². The largest absolute Gasteiger partial charge is 0.348 e. The minimum absolute atomic E-state index is 0.0984. The fourth-order valence-corrected chi connectivity index (χ4v) is 2.54. The maximum Gasteiger partial charge on any atom is 0.268 e. The quantitative estimate of drug-likeness (QED) is 0.858. The summed E-state index contributed by atoms with van der Waals surface area (Å²) in [6.07, 6.45) is 3.20. The van der Waals surface area contributed by atoms with Crippen LogP contribution in [-0.4, -0.2) is 16.9 Å². The van der Waals surface area contributed by atoms with E-state index < -0.39 is 0 Å². The van der Waals surface area contributed by atoms with E-state index in [0.717, 1.165) is 24.6 Å². The van der Waals surface area contributed by atoms with Crippen molar-refractivity contribution in [1.82, 2.24) is 10.3 Å². The first-order valence-corrected chi connectivity index (χ1v) is 7.90. The Hall–Kier alpha value is -2.10. The van der Waals surface area contributed by atoms with E-state index >= 15 is 0 Å². The van der Waals surface area contributed by atoms with Gasteiger partial charge in [0.25, 0.3) is 11.5 Å². The zero-order chi connectivity index (χ0) is 16.1. The molecule has 0 bridgehead atoms. The highest BCUT2D eigenvalue weighted by Gasteiger charge is 2.12. The van der Waals surface area contributed by atoms with Crippen LogP contribution >= 0.6 is 0 Å². The summed E-state index contributed by atoms with van der Waals surface area (Å²) in [6, 6.07) is 9.10. The van der Waals surface area contributed by atoms with Crippen LogP contribution < -0.4 is 10.9 Å². The van der Waals surface area contributed by atoms with E-state index in [1.807, 2.05) is 25.1 Å². The first kappa shape index (κ1) is 16.3. The molecule has 2 aromatic rings. The van der Waals surface area contributed by atoms with E-state index in [9.17, 15) is 9.59 Å². The van der Waals surface area contributed by atoms with E-state index in [1.54, 1.807) is 12.1 Å². The summed E-state index contributed by atoms with van der Waals surface area (Å²) >= 11 is 0. The van der Waals surface area contributed by atoms with E-state index in [-0.39, 0.29) is 17.5 Å². The van der Waals surface area contributed by atoms with Crippen LogP contribution in [0.25, 0.3) is 10.8 Å². The van der Waals surface area contributed by atoms with Crippen molar-refractivity contribution in [3.05, 3.63) is 46.4 Å². The molecule has 1 unspecified atom stereocenters. The zero-order valence-electron chi connectivity index (χ0n) is 13.5. The highest BCUT2D eigenvalue weighted by Crippen LogP contribution is 2.11. The molecule has 0 saturated heterocycles. The standard InChI is InChI=1S/C18H24N2O2/c1-12(2)7-6-8-13(3)19-18(22)16-11-14-9-4-5-10-15(14)17(21)20-16/h4-5,9-13H,6-8H2,1-3H3,(H,19,22)(H,20,21). The van der Waals surface area contributed by atoms with E-state index in [4.69, 9.17) is 0 Å². The molecule has 22 heavy (non-hydrogen) atoms. The number of benzene rings is 1. The fourth-order valence-electron chi connectivity index (χ4n) is 2.54. The van der Waals surface area contributed by atoms with E-state index in [1.165, 1.54) is 0 Å². The summed E-state index contributed by atoms with van der Waals surface area (Å²) in [6.45, 7) is 6.39. The van der Waals surface area contributed by atoms with Gasteiger partial charge in [0.05, 0.1) is 0 Å². The number of hydrogen-bond donors (Lipinski definition) is 2. The number of amides is 1. The molecule has 0 radical (unpaired) electrons. The summed E-state index contributed by atoms with van der Waals surface area (Å²) < 4.78 is 0. The zero-order valence-corrected chi connectivity index (χ0v) is 13.5. The Bertz CT molecular complexity index is 704. The second-order valence-corrected chi connectivity index (χ2v) is 6.30. The third kappa shape index (κ3) is 4.20. The molecular formula is C18H24N2O2. The smallest absolute Gasteiger partial charge is 0.268 e.